The fourth-order valence-electron chi connectivity index (χ4n) is 4.12. The molecule has 5 rings (SSSR count). The highest BCUT2D eigenvalue weighted by atomic mass is 19.1. The third-order valence-electron chi connectivity index (χ3n) is 5.72. The number of nitrogens with zero attached hydrogens (tertiary/aromatic N) is 3. The van der Waals surface area contributed by atoms with Crippen LogP contribution in [0.3, 0.4) is 0 Å². The molecule has 2 heterocycles. The molecular weight excluding hydrogens is 463 g/mol. The normalized spacial score (nSPS) is 10.9. The van der Waals surface area contributed by atoms with E-state index in [0.717, 1.165) is 11.1 Å². The first-order chi connectivity index (χ1) is 17.4. The van der Waals surface area contributed by atoms with Gasteiger partial charge in [0, 0.05) is 17.3 Å². The molecule has 180 valence electrons. The Morgan fingerprint density at radius 3 is 2.50 bits per heavy atom. The number of ether oxygens (including phenoxy) is 2. The number of aromatic nitrogens is 3. The van der Waals surface area contributed by atoms with Gasteiger partial charge in [-0.05, 0) is 54.4 Å². The topological polar surface area (TPSA) is 112 Å². The Balaban J connectivity index is 1.59. The molecule has 0 aliphatic carbocycles. The Bertz CT molecular complexity index is 1570. The maximum absolute atomic E-state index is 15.2. The first-order valence-corrected chi connectivity index (χ1v) is 11.0. The molecule has 0 saturated carbocycles. The Morgan fingerprint density at radius 2 is 1.81 bits per heavy atom. The van der Waals surface area contributed by atoms with E-state index in [0.29, 0.717) is 28.0 Å². The minimum Gasteiger partial charge on any atom is -0.492 e. The molecule has 0 aliphatic heterocycles. The van der Waals surface area contributed by atoms with Crippen molar-refractivity contribution in [3.05, 3.63) is 96.1 Å². The molecule has 2 aromatic heterocycles. The summed E-state index contributed by atoms with van der Waals surface area (Å²) >= 11 is 0. The highest BCUT2D eigenvalue weighted by Gasteiger charge is 2.22. The van der Waals surface area contributed by atoms with Crippen molar-refractivity contribution in [2.24, 2.45) is 5.73 Å². The van der Waals surface area contributed by atoms with Crippen LogP contribution in [0, 0.1) is 12.7 Å². The van der Waals surface area contributed by atoms with Crippen LogP contribution in [0.4, 0.5) is 9.18 Å². The smallest absolute Gasteiger partial charge is 0.409 e. The van der Waals surface area contributed by atoms with Gasteiger partial charge in [-0.1, -0.05) is 30.3 Å². The fraction of sp³-hybridized carbons (Fsp3) is 0.0741. The third-order valence-corrected chi connectivity index (χ3v) is 5.72. The van der Waals surface area contributed by atoms with Crippen molar-refractivity contribution in [1.29, 1.82) is 0 Å². The van der Waals surface area contributed by atoms with Crippen LogP contribution in [0.2, 0.25) is 0 Å². The van der Waals surface area contributed by atoms with Crippen molar-refractivity contribution in [2.75, 3.05) is 0 Å². The van der Waals surface area contributed by atoms with Crippen LogP contribution in [0.25, 0.3) is 28.0 Å². The number of halogens is 1. The average molecular weight is 484 g/mol. The Labute approximate surface area is 205 Å². The van der Waals surface area contributed by atoms with E-state index < -0.39 is 11.9 Å². The molecule has 0 fully saturated rings. The van der Waals surface area contributed by atoms with Crippen LogP contribution in [-0.4, -0.2) is 25.7 Å². The largest absolute Gasteiger partial charge is 0.492 e. The van der Waals surface area contributed by atoms with Gasteiger partial charge in [0.15, 0.2) is 11.6 Å². The van der Waals surface area contributed by atoms with Crippen LogP contribution < -0.4 is 15.2 Å². The van der Waals surface area contributed by atoms with Crippen LogP contribution in [0.15, 0.2) is 79.1 Å². The van der Waals surface area contributed by atoms with Crippen molar-refractivity contribution in [3.63, 3.8) is 0 Å². The lowest BCUT2D eigenvalue weighted by molar-refractivity contribution is 0.211. The Morgan fingerprint density at radius 1 is 1.06 bits per heavy atom. The Kier molecular flexibility index (Phi) is 5.95. The summed E-state index contributed by atoms with van der Waals surface area (Å²) in [5.74, 6) is -0.422. The van der Waals surface area contributed by atoms with Gasteiger partial charge in [-0.2, -0.15) is 0 Å². The summed E-state index contributed by atoms with van der Waals surface area (Å²) in [5, 5.41) is 10.6. The number of rotatable bonds is 6. The van der Waals surface area contributed by atoms with E-state index >= 15 is 4.39 Å². The molecule has 0 aliphatic rings. The number of carbonyl (C=O) groups excluding carboxylic acids is 1. The van der Waals surface area contributed by atoms with E-state index in [1.54, 1.807) is 41.0 Å². The number of aromatic hydroxyl groups is 1. The maximum atomic E-state index is 15.2. The van der Waals surface area contributed by atoms with Gasteiger partial charge in [0.2, 0.25) is 5.88 Å². The van der Waals surface area contributed by atoms with Crippen molar-refractivity contribution in [1.82, 2.24) is 14.5 Å². The van der Waals surface area contributed by atoms with Crippen molar-refractivity contribution in [3.8, 4) is 34.3 Å². The molecule has 3 aromatic carbocycles. The standard InChI is InChI=1S/C27H21FN4O4/c1-16-23-25(26(33)31-15-30-23)32(24(16)18-7-10-20(11-8-18)36-27(29)34)19-9-12-22(21(28)13-19)35-14-17-5-3-2-4-6-17/h2-13,15H,14H2,1H3,(H2,29,34)(H,30,31,33). The van der Waals surface area contributed by atoms with Gasteiger partial charge in [0.1, 0.15) is 24.2 Å². The van der Waals surface area contributed by atoms with Gasteiger partial charge in [-0.3, -0.25) is 0 Å². The quantitative estimate of drug-likeness (QED) is 0.339. The van der Waals surface area contributed by atoms with Gasteiger partial charge in [-0.25, -0.2) is 19.2 Å². The van der Waals surface area contributed by atoms with Gasteiger partial charge in [-0.15, -0.1) is 0 Å². The van der Waals surface area contributed by atoms with Gasteiger partial charge in [0.25, 0.3) is 0 Å². The number of fused-ring (bicyclic) bond motifs is 1. The minimum absolute atomic E-state index is 0.103. The molecule has 0 radical (unpaired) electrons. The second kappa shape index (κ2) is 9.38. The zero-order chi connectivity index (χ0) is 25.2. The SMILES string of the molecule is Cc1c(-c2ccc(OC(N)=O)cc2)n(-c2ccc(OCc3ccccc3)c(F)c2)c2c(O)ncnc12. The summed E-state index contributed by atoms with van der Waals surface area (Å²) < 4.78 is 27.4. The van der Waals surface area contributed by atoms with Crippen molar-refractivity contribution < 1.29 is 23.8 Å². The molecule has 36 heavy (non-hydrogen) atoms. The number of primary amides is 1. The molecule has 3 N–H and O–H groups in total. The van der Waals surface area contributed by atoms with Gasteiger partial charge >= 0.3 is 6.09 Å². The number of hydrogen-bond acceptors (Lipinski definition) is 6. The van der Waals surface area contributed by atoms with Crippen LogP contribution >= 0.6 is 0 Å². The molecule has 8 nitrogen and oxygen atoms in total. The average Bonchev–Trinajstić information content (AvgIpc) is 3.17. The number of carbonyl (C=O) groups is 1. The summed E-state index contributed by atoms with van der Waals surface area (Å²) in [4.78, 5) is 19.3. The summed E-state index contributed by atoms with van der Waals surface area (Å²) in [7, 11) is 0. The number of hydrogen-bond donors (Lipinski definition) is 2. The summed E-state index contributed by atoms with van der Waals surface area (Å²) in [5.41, 5.74) is 9.41. The second-order valence-corrected chi connectivity index (χ2v) is 8.04. The maximum Gasteiger partial charge on any atom is 0.409 e. The van der Waals surface area contributed by atoms with E-state index in [9.17, 15) is 9.90 Å². The van der Waals surface area contributed by atoms with E-state index in [1.165, 1.54) is 12.4 Å². The summed E-state index contributed by atoms with van der Waals surface area (Å²) in [6.45, 7) is 2.07. The Hall–Kier alpha value is -4.92. The number of benzene rings is 3. The molecule has 0 saturated heterocycles. The summed E-state index contributed by atoms with van der Waals surface area (Å²) in [6, 6.07) is 20.7. The zero-order valence-corrected chi connectivity index (χ0v) is 19.2. The van der Waals surface area contributed by atoms with Crippen LogP contribution in [0.1, 0.15) is 11.1 Å². The predicted octanol–water partition coefficient (Wildman–Crippen LogP) is 5.28. The van der Waals surface area contributed by atoms with Gasteiger partial charge in [0.05, 0.1) is 11.2 Å². The lowest BCUT2D eigenvalue weighted by atomic mass is 10.1. The number of aryl methyl sites for hydroxylation is 1. The first-order valence-electron chi connectivity index (χ1n) is 11.0. The molecule has 1 amide bonds. The molecule has 0 unspecified atom stereocenters. The van der Waals surface area contributed by atoms with Gasteiger partial charge < -0.3 is 24.9 Å². The highest BCUT2D eigenvalue weighted by molar-refractivity contribution is 5.93. The van der Waals surface area contributed by atoms with E-state index in [-0.39, 0.29) is 24.0 Å². The second-order valence-electron chi connectivity index (χ2n) is 8.04. The number of nitrogens with two attached hydrogens (primary N) is 1. The van der Waals surface area contributed by atoms with E-state index in [1.807, 2.05) is 37.3 Å². The molecule has 9 heteroatoms. The van der Waals surface area contributed by atoms with E-state index in [4.69, 9.17) is 15.2 Å². The van der Waals surface area contributed by atoms with Crippen LogP contribution in [-0.2, 0) is 6.61 Å². The summed E-state index contributed by atoms with van der Waals surface area (Å²) in [6.07, 6.45) is 0.349. The molecule has 0 atom stereocenters. The zero-order valence-electron chi connectivity index (χ0n) is 19.2. The predicted molar refractivity (Wildman–Crippen MR) is 132 cm³/mol. The molecular formula is C27H21FN4O4. The fourth-order valence-corrected chi connectivity index (χ4v) is 4.12. The lowest BCUT2D eigenvalue weighted by Gasteiger charge is -2.14. The third kappa shape index (κ3) is 4.29. The van der Waals surface area contributed by atoms with E-state index in [2.05, 4.69) is 9.97 Å². The first kappa shape index (κ1) is 22.9. The molecule has 0 spiro atoms. The monoisotopic (exact) mass is 484 g/mol. The van der Waals surface area contributed by atoms with Crippen LogP contribution in [0.5, 0.6) is 17.4 Å². The van der Waals surface area contributed by atoms with Crippen molar-refractivity contribution >= 4 is 17.1 Å². The van der Waals surface area contributed by atoms with Crippen molar-refractivity contribution in [2.45, 2.75) is 13.5 Å². The minimum atomic E-state index is -0.918. The highest BCUT2D eigenvalue weighted by Crippen LogP contribution is 2.39. The molecule has 0 bridgehead atoms. The number of amides is 1. The lowest BCUT2D eigenvalue weighted by Crippen LogP contribution is -2.16. The molecule has 5 aromatic rings.